The van der Waals surface area contributed by atoms with Crippen molar-refractivity contribution in [3.63, 3.8) is 0 Å². The molecular weight excluding hydrogens is 1030 g/mol. The second-order valence-corrected chi connectivity index (χ2v) is 28.9. The van der Waals surface area contributed by atoms with Crippen LogP contribution in [0.4, 0.5) is 51.2 Å². The lowest BCUT2D eigenvalue weighted by Crippen LogP contribution is -2.61. The Bertz CT molecular complexity index is 4300. The summed E-state index contributed by atoms with van der Waals surface area (Å²) in [6.07, 6.45) is 0. The Balaban J connectivity index is 0.979. The number of nitrogens with zero attached hydrogens (tertiary/aromatic N) is 3. The fourth-order valence-corrected chi connectivity index (χ4v) is 14.0. The molecule has 424 valence electrons. The molecule has 0 atom stereocenters. The first-order chi connectivity index (χ1) is 40.4. The van der Waals surface area contributed by atoms with Gasteiger partial charge < -0.3 is 24.2 Å². The van der Waals surface area contributed by atoms with Crippen LogP contribution < -0.4 is 40.6 Å². The van der Waals surface area contributed by atoms with Gasteiger partial charge in [0, 0.05) is 62.7 Å². The molecule has 0 unspecified atom stereocenters. The van der Waals surface area contributed by atoms with Gasteiger partial charge in [0.1, 0.15) is 13.2 Å². The summed E-state index contributed by atoms with van der Waals surface area (Å²) in [5.41, 5.74) is 26.7. The van der Waals surface area contributed by atoms with E-state index >= 15 is 0 Å². The summed E-state index contributed by atoms with van der Waals surface area (Å²) in [7, 11) is 0. The third-order valence-electron chi connectivity index (χ3n) is 18.8. The maximum absolute atomic E-state index is 6.48. The van der Waals surface area contributed by atoms with E-state index in [1.165, 1.54) is 77.4 Å². The maximum Gasteiger partial charge on any atom is 0.252 e. The molecule has 3 heterocycles. The molecule has 0 aromatic heterocycles. The molecule has 85 heavy (non-hydrogen) atoms. The first kappa shape index (κ1) is 54.5. The van der Waals surface area contributed by atoms with Gasteiger partial charge >= 0.3 is 0 Å². The molecule has 3 aliphatic heterocycles. The van der Waals surface area contributed by atoms with Gasteiger partial charge in [-0.3, -0.25) is 0 Å². The zero-order valence-corrected chi connectivity index (χ0v) is 52.1. The third-order valence-corrected chi connectivity index (χ3v) is 18.8. The smallest absolute Gasteiger partial charge is 0.252 e. The van der Waals surface area contributed by atoms with Gasteiger partial charge in [0.25, 0.3) is 6.71 Å². The normalized spacial score (nSPS) is 14.8. The number of hydrogen-bond donors (Lipinski definition) is 0. The van der Waals surface area contributed by atoms with Crippen LogP contribution in [-0.2, 0) is 27.1 Å². The molecule has 4 aliphatic rings. The van der Waals surface area contributed by atoms with Crippen LogP contribution in [0.1, 0.15) is 130 Å². The van der Waals surface area contributed by atoms with Gasteiger partial charge in [0.2, 0.25) is 0 Å². The van der Waals surface area contributed by atoms with Gasteiger partial charge in [-0.25, -0.2) is 0 Å². The van der Waals surface area contributed by atoms with Crippen LogP contribution >= 0.6 is 0 Å². The predicted octanol–water partition coefficient (Wildman–Crippen LogP) is 19.3. The largest absolute Gasteiger partial charge is 0.486 e. The highest BCUT2D eigenvalue weighted by molar-refractivity contribution is 7.00. The number of anilines is 9. The Kier molecular flexibility index (Phi) is 12.3. The minimum Gasteiger partial charge on any atom is -0.486 e. The van der Waals surface area contributed by atoms with E-state index in [1.54, 1.807) is 0 Å². The molecule has 6 heteroatoms. The van der Waals surface area contributed by atoms with Crippen molar-refractivity contribution in [2.75, 3.05) is 27.9 Å². The topological polar surface area (TPSA) is 28.2 Å². The first-order valence-electron chi connectivity index (χ1n) is 30.7. The average Bonchev–Trinajstić information content (AvgIpc) is 1.30. The summed E-state index contributed by atoms with van der Waals surface area (Å²) in [5, 5.41) is 2.51. The Morgan fingerprint density at radius 2 is 0.906 bits per heavy atom. The van der Waals surface area contributed by atoms with Crippen LogP contribution in [0.2, 0.25) is 0 Å². The quantitative estimate of drug-likeness (QED) is 0.155. The molecule has 0 saturated carbocycles. The SMILES string of the molecule is CC(C)(C)c1ccc(N(c2ccc(-c3cc4c5c(c3)N(c3ccc(C(C)(C)C)cc3)c3cc6c(cc3B5c3cc(C(C)(C)C)ccc3N4c3ccc(C(C)(C)C)cc3)OCCO6)cc2)c2ccc3c4c(ccc3c2)C(C)(C)c2ccccc2-4)cc1. The lowest BCUT2D eigenvalue weighted by atomic mass is 9.33. The third kappa shape index (κ3) is 9.04. The number of benzene rings is 10. The lowest BCUT2D eigenvalue weighted by Gasteiger charge is -2.45. The van der Waals surface area contributed by atoms with E-state index in [2.05, 4.69) is 306 Å². The Hall–Kier alpha value is -8.48. The first-order valence-corrected chi connectivity index (χ1v) is 30.7. The molecule has 5 nitrogen and oxygen atoms in total. The van der Waals surface area contributed by atoms with Crippen LogP contribution in [0.5, 0.6) is 11.5 Å². The van der Waals surface area contributed by atoms with Crippen LogP contribution in [0.3, 0.4) is 0 Å². The second-order valence-electron chi connectivity index (χ2n) is 28.9. The number of ether oxygens (including phenoxy) is 2. The Morgan fingerprint density at radius 3 is 1.48 bits per heavy atom. The Morgan fingerprint density at radius 1 is 0.412 bits per heavy atom. The molecule has 0 fully saturated rings. The van der Waals surface area contributed by atoms with Crippen molar-refractivity contribution in [1.29, 1.82) is 0 Å². The van der Waals surface area contributed by atoms with E-state index in [0.717, 1.165) is 68.1 Å². The van der Waals surface area contributed by atoms with E-state index in [0.29, 0.717) is 13.2 Å². The molecule has 10 aromatic carbocycles. The minimum atomic E-state index is -0.109. The van der Waals surface area contributed by atoms with E-state index in [-0.39, 0.29) is 33.8 Å². The zero-order valence-electron chi connectivity index (χ0n) is 52.1. The van der Waals surface area contributed by atoms with Crippen molar-refractivity contribution in [3.05, 3.63) is 228 Å². The fraction of sp³-hybridized carbons (Fsp3) is 0.266. The highest BCUT2D eigenvalue weighted by atomic mass is 16.6. The van der Waals surface area contributed by atoms with Crippen molar-refractivity contribution >= 4 is 85.1 Å². The molecule has 0 bridgehead atoms. The minimum absolute atomic E-state index is 0.00189. The molecule has 0 N–H and O–H groups in total. The lowest BCUT2D eigenvalue weighted by molar-refractivity contribution is 0.172. The average molecular weight is 1110 g/mol. The summed E-state index contributed by atoms with van der Waals surface area (Å²) in [6.45, 7) is 33.2. The predicted molar refractivity (Wildman–Crippen MR) is 361 cm³/mol. The molecule has 0 amide bonds. The van der Waals surface area contributed by atoms with Gasteiger partial charge in [-0.1, -0.05) is 200 Å². The van der Waals surface area contributed by atoms with Crippen molar-refractivity contribution in [2.45, 2.75) is 124 Å². The standard InChI is InChI=1S/C79H78BN3O2/c1-75(2,3)52-22-31-57(32-23-52)81(60-37-38-61-50(43-60)21-39-64-73(61)62-17-15-16-18-63(62)79(64,13)14)56-29-19-49(20-30-56)51-44-69-74-70(45-51)83(59-35-26-54(27-36-59)77(7,8)9)68-48-72-71(84-41-42-85-72)47-66(68)80(74)65-46-55(78(10,11)12)28-40-67(65)82(69)58-33-24-53(25-34-58)76(4,5)6/h15-40,43-48H,41-42H2,1-14H3. The number of rotatable bonds is 6. The van der Waals surface area contributed by atoms with E-state index in [1.807, 2.05) is 0 Å². The molecular formula is C79H78BN3O2. The van der Waals surface area contributed by atoms with Crippen LogP contribution in [0.15, 0.2) is 194 Å². The molecule has 10 aromatic rings. The highest BCUT2D eigenvalue weighted by Gasteiger charge is 2.45. The van der Waals surface area contributed by atoms with Crippen LogP contribution in [-0.4, -0.2) is 19.9 Å². The van der Waals surface area contributed by atoms with Gasteiger partial charge in [0.05, 0.1) is 0 Å². The van der Waals surface area contributed by atoms with Gasteiger partial charge in [0.15, 0.2) is 11.5 Å². The maximum atomic E-state index is 6.48. The summed E-state index contributed by atoms with van der Waals surface area (Å²) >= 11 is 0. The number of hydrogen-bond acceptors (Lipinski definition) is 5. The van der Waals surface area contributed by atoms with E-state index < -0.39 is 0 Å². The summed E-state index contributed by atoms with van der Waals surface area (Å²) in [6, 6.07) is 74.5. The Labute approximate surface area is 505 Å². The molecule has 1 aliphatic carbocycles. The van der Waals surface area contributed by atoms with Crippen molar-refractivity contribution in [2.24, 2.45) is 0 Å². The van der Waals surface area contributed by atoms with Crippen molar-refractivity contribution < 1.29 is 9.47 Å². The van der Waals surface area contributed by atoms with Gasteiger partial charge in [-0.15, -0.1) is 0 Å². The van der Waals surface area contributed by atoms with E-state index in [9.17, 15) is 0 Å². The molecule has 0 radical (unpaired) electrons. The van der Waals surface area contributed by atoms with Crippen molar-refractivity contribution in [3.8, 4) is 33.8 Å². The van der Waals surface area contributed by atoms with Crippen LogP contribution in [0, 0.1) is 0 Å². The van der Waals surface area contributed by atoms with Crippen LogP contribution in [0.25, 0.3) is 33.0 Å². The van der Waals surface area contributed by atoms with Gasteiger partial charge in [-0.05, 0) is 189 Å². The fourth-order valence-electron chi connectivity index (χ4n) is 14.0. The van der Waals surface area contributed by atoms with E-state index in [4.69, 9.17) is 9.47 Å². The second kappa shape index (κ2) is 19.3. The molecule has 0 spiro atoms. The summed E-state index contributed by atoms with van der Waals surface area (Å²) in [4.78, 5) is 7.48. The van der Waals surface area contributed by atoms with Gasteiger partial charge in [-0.2, -0.15) is 0 Å². The summed E-state index contributed by atoms with van der Waals surface area (Å²) < 4.78 is 13.0. The molecule has 0 saturated heterocycles. The van der Waals surface area contributed by atoms with Crippen molar-refractivity contribution in [1.82, 2.24) is 0 Å². The number of fused-ring (bicyclic) bond motifs is 10. The monoisotopic (exact) mass is 1110 g/mol. The molecule has 14 rings (SSSR count). The highest BCUT2D eigenvalue weighted by Crippen LogP contribution is 2.53. The summed E-state index contributed by atoms with van der Waals surface area (Å²) in [5.74, 6) is 1.57. The zero-order chi connectivity index (χ0) is 59.3.